The van der Waals surface area contributed by atoms with Gasteiger partial charge in [0.2, 0.25) is 0 Å². The number of carbonyl (C=O) groups is 1. The predicted octanol–water partition coefficient (Wildman–Crippen LogP) is 0.982. The first kappa shape index (κ1) is 7.73. The lowest BCUT2D eigenvalue weighted by atomic mass is 10.0. The van der Waals surface area contributed by atoms with E-state index in [4.69, 9.17) is 0 Å². The van der Waals surface area contributed by atoms with Crippen LogP contribution in [0.25, 0.3) is 0 Å². The summed E-state index contributed by atoms with van der Waals surface area (Å²) in [6.45, 7) is 3.60. The van der Waals surface area contributed by atoms with Crippen molar-refractivity contribution in [1.82, 2.24) is 0 Å². The van der Waals surface area contributed by atoms with E-state index in [0.29, 0.717) is 12.3 Å². The number of ketones is 1. The fourth-order valence-electron chi connectivity index (χ4n) is 1.56. The number of aliphatic hydroxyl groups excluding tert-OH is 1. The van der Waals surface area contributed by atoms with Gasteiger partial charge in [-0.1, -0.05) is 6.92 Å². The average molecular weight is 142 g/mol. The number of aliphatic hydroxyl groups is 1. The third kappa shape index (κ3) is 1.37. The van der Waals surface area contributed by atoms with Crippen molar-refractivity contribution in [2.45, 2.75) is 32.8 Å². The molecule has 1 fully saturated rings. The van der Waals surface area contributed by atoms with E-state index in [1.165, 1.54) is 0 Å². The van der Waals surface area contributed by atoms with Crippen LogP contribution in [0.2, 0.25) is 0 Å². The quantitative estimate of drug-likeness (QED) is 0.592. The molecule has 1 rings (SSSR count). The van der Waals surface area contributed by atoms with E-state index in [0.717, 1.165) is 6.42 Å². The maximum atomic E-state index is 10.8. The van der Waals surface area contributed by atoms with E-state index >= 15 is 0 Å². The Labute approximate surface area is 61.2 Å². The Hall–Kier alpha value is -0.370. The molecule has 0 heterocycles. The summed E-state index contributed by atoms with van der Waals surface area (Å²) in [4.78, 5) is 10.8. The smallest absolute Gasteiger partial charge is 0.133 e. The molecule has 1 aliphatic rings. The predicted molar refractivity (Wildman–Crippen MR) is 38.6 cm³/mol. The Balaban J connectivity index is 2.49. The lowest BCUT2D eigenvalue weighted by molar-refractivity contribution is -0.120. The minimum atomic E-state index is -0.242. The summed E-state index contributed by atoms with van der Waals surface area (Å²) in [5, 5.41) is 9.26. The molecule has 0 amide bonds. The van der Waals surface area contributed by atoms with Crippen LogP contribution in [0.15, 0.2) is 0 Å². The first-order valence-corrected chi connectivity index (χ1v) is 3.79. The van der Waals surface area contributed by atoms with Crippen molar-refractivity contribution >= 4 is 5.78 Å². The highest BCUT2D eigenvalue weighted by Gasteiger charge is 2.31. The van der Waals surface area contributed by atoms with Gasteiger partial charge in [-0.25, -0.2) is 0 Å². The molecule has 0 spiro atoms. The number of rotatable bonds is 1. The van der Waals surface area contributed by atoms with Gasteiger partial charge in [-0.05, 0) is 25.7 Å². The Kier molecular flexibility index (Phi) is 2.09. The molecule has 58 valence electrons. The van der Waals surface area contributed by atoms with E-state index in [9.17, 15) is 9.90 Å². The van der Waals surface area contributed by atoms with Gasteiger partial charge in [0.05, 0.1) is 6.10 Å². The molecular weight excluding hydrogens is 128 g/mol. The van der Waals surface area contributed by atoms with Crippen molar-refractivity contribution in [3.63, 3.8) is 0 Å². The Morgan fingerprint density at radius 3 is 2.30 bits per heavy atom. The van der Waals surface area contributed by atoms with Gasteiger partial charge in [0.1, 0.15) is 5.78 Å². The van der Waals surface area contributed by atoms with E-state index in [2.05, 4.69) is 0 Å². The average Bonchev–Trinajstić information content (AvgIpc) is 2.13. The standard InChI is InChI=1S/C8H14O2/c1-5-3-7(6(2)9)4-8(5)10/h5,7-8,10H,3-4H2,1-2H3/t5-,7+,8+/m1/s1. The van der Waals surface area contributed by atoms with E-state index in [1.54, 1.807) is 6.92 Å². The Bertz CT molecular complexity index is 132. The molecule has 1 aliphatic carbocycles. The SMILES string of the molecule is CC(=O)[C@H]1C[C@@H](C)[C@@H](O)C1. The zero-order chi connectivity index (χ0) is 7.72. The fourth-order valence-corrected chi connectivity index (χ4v) is 1.56. The Morgan fingerprint density at radius 2 is 2.10 bits per heavy atom. The second-order valence-corrected chi connectivity index (χ2v) is 3.32. The molecule has 1 saturated carbocycles. The zero-order valence-corrected chi connectivity index (χ0v) is 6.50. The summed E-state index contributed by atoms with van der Waals surface area (Å²) in [5.41, 5.74) is 0. The van der Waals surface area contributed by atoms with Gasteiger partial charge in [-0.3, -0.25) is 4.79 Å². The van der Waals surface area contributed by atoms with Gasteiger partial charge >= 0.3 is 0 Å². The molecule has 0 radical (unpaired) electrons. The third-order valence-corrected chi connectivity index (χ3v) is 2.41. The minimum absolute atomic E-state index is 0.130. The molecule has 10 heavy (non-hydrogen) atoms. The maximum Gasteiger partial charge on any atom is 0.133 e. The zero-order valence-electron chi connectivity index (χ0n) is 6.50. The molecular formula is C8H14O2. The summed E-state index contributed by atoms with van der Waals surface area (Å²) >= 11 is 0. The van der Waals surface area contributed by atoms with Gasteiger partial charge in [-0.15, -0.1) is 0 Å². The summed E-state index contributed by atoms with van der Waals surface area (Å²) in [6.07, 6.45) is 1.31. The molecule has 2 nitrogen and oxygen atoms in total. The monoisotopic (exact) mass is 142 g/mol. The van der Waals surface area contributed by atoms with Crippen LogP contribution in [-0.2, 0) is 4.79 Å². The fraction of sp³-hybridized carbons (Fsp3) is 0.875. The summed E-state index contributed by atoms with van der Waals surface area (Å²) < 4.78 is 0. The van der Waals surface area contributed by atoms with Crippen LogP contribution in [0, 0.1) is 11.8 Å². The van der Waals surface area contributed by atoms with Crippen LogP contribution in [-0.4, -0.2) is 17.0 Å². The molecule has 0 bridgehead atoms. The van der Waals surface area contributed by atoms with Crippen LogP contribution >= 0.6 is 0 Å². The molecule has 1 N–H and O–H groups in total. The van der Waals surface area contributed by atoms with Crippen molar-refractivity contribution in [3.05, 3.63) is 0 Å². The van der Waals surface area contributed by atoms with Gasteiger partial charge in [-0.2, -0.15) is 0 Å². The first-order chi connectivity index (χ1) is 4.61. The first-order valence-electron chi connectivity index (χ1n) is 3.79. The second kappa shape index (κ2) is 2.70. The van der Waals surface area contributed by atoms with E-state index in [-0.39, 0.29) is 17.8 Å². The van der Waals surface area contributed by atoms with Crippen molar-refractivity contribution in [2.75, 3.05) is 0 Å². The molecule has 0 aromatic heterocycles. The summed E-state index contributed by atoms with van der Waals surface area (Å²) in [7, 11) is 0. The normalized spacial score (nSPS) is 40.1. The molecule has 3 atom stereocenters. The molecule has 0 unspecified atom stereocenters. The van der Waals surface area contributed by atoms with Crippen molar-refractivity contribution < 1.29 is 9.90 Å². The van der Waals surface area contributed by atoms with E-state index < -0.39 is 0 Å². The highest BCUT2D eigenvalue weighted by molar-refractivity contribution is 5.78. The van der Waals surface area contributed by atoms with Crippen molar-refractivity contribution in [3.8, 4) is 0 Å². The number of carbonyl (C=O) groups excluding carboxylic acids is 1. The molecule has 0 saturated heterocycles. The number of Topliss-reactive ketones (excluding diaryl/α,β-unsaturated/α-hetero) is 1. The molecule has 0 aromatic carbocycles. The van der Waals surface area contributed by atoms with Crippen LogP contribution in [0.3, 0.4) is 0 Å². The van der Waals surface area contributed by atoms with Crippen LogP contribution in [0.1, 0.15) is 26.7 Å². The number of hydrogen-bond acceptors (Lipinski definition) is 2. The summed E-state index contributed by atoms with van der Waals surface area (Å²) in [5.74, 6) is 0.669. The molecule has 0 aromatic rings. The minimum Gasteiger partial charge on any atom is -0.393 e. The molecule has 2 heteroatoms. The van der Waals surface area contributed by atoms with Gasteiger partial charge in [0.15, 0.2) is 0 Å². The molecule has 0 aliphatic heterocycles. The van der Waals surface area contributed by atoms with Crippen LogP contribution in [0.4, 0.5) is 0 Å². The summed E-state index contributed by atoms with van der Waals surface area (Å²) in [6, 6.07) is 0. The van der Waals surface area contributed by atoms with Crippen LogP contribution in [0.5, 0.6) is 0 Å². The highest BCUT2D eigenvalue weighted by atomic mass is 16.3. The highest BCUT2D eigenvalue weighted by Crippen LogP contribution is 2.31. The van der Waals surface area contributed by atoms with Crippen molar-refractivity contribution in [1.29, 1.82) is 0 Å². The largest absolute Gasteiger partial charge is 0.393 e. The topological polar surface area (TPSA) is 37.3 Å². The van der Waals surface area contributed by atoms with Gasteiger partial charge in [0, 0.05) is 5.92 Å². The number of hydrogen-bond donors (Lipinski definition) is 1. The lowest BCUT2D eigenvalue weighted by Crippen LogP contribution is -2.09. The Morgan fingerprint density at radius 1 is 1.50 bits per heavy atom. The van der Waals surface area contributed by atoms with Gasteiger partial charge in [0.25, 0.3) is 0 Å². The second-order valence-electron chi connectivity index (χ2n) is 3.32. The maximum absolute atomic E-state index is 10.8. The van der Waals surface area contributed by atoms with Crippen LogP contribution < -0.4 is 0 Å². The van der Waals surface area contributed by atoms with E-state index in [1.807, 2.05) is 6.92 Å². The van der Waals surface area contributed by atoms with Gasteiger partial charge < -0.3 is 5.11 Å². The lowest BCUT2D eigenvalue weighted by Gasteiger charge is -2.03. The van der Waals surface area contributed by atoms with Crippen molar-refractivity contribution in [2.24, 2.45) is 11.8 Å². The third-order valence-electron chi connectivity index (χ3n) is 2.41.